The smallest absolute Gasteiger partial charge is 0.142 e. The predicted octanol–water partition coefficient (Wildman–Crippen LogP) is 4.80. The summed E-state index contributed by atoms with van der Waals surface area (Å²) >= 11 is 6.68. The summed E-state index contributed by atoms with van der Waals surface area (Å²) in [6, 6.07) is 18.7. The maximum atomic E-state index is 9.46. The van der Waals surface area contributed by atoms with Gasteiger partial charge in [-0.05, 0) is 41.9 Å². The summed E-state index contributed by atoms with van der Waals surface area (Å²) in [6.07, 6.45) is 1.75. The average Bonchev–Trinajstić information content (AvgIpc) is 3.13. The SMILES string of the molecule is CN1CCN(c2ccc(-c3c(-c4ccc(CO)cc4)c4c(Cl)ccnc4n3C)cc2)CC1. The lowest BCUT2D eigenvalue weighted by Gasteiger charge is -2.34. The van der Waals surface area contributed by atoms with Crippen molar-refractivity contribution in [2.45, 2.75) is 6.61 Å². The molecule has 1 fully saturated rings. The fourth-order valence-electron chi connectivity index (χ4n) is 4.60. The molecule has 0 aliphatic carbocycles. The van der Waals surface area contributed by atoms with Crippen LogP contribution < -0.4 is 4.90 Å². The molecule has 2 aromatic heterocycles. The van der Waals surface area contributed by atoms with E-state index < -0.39 is 0 Å². The van der Waals surface area contributed by atoms with Crippen LogP contribution in [0.5, 0.6) is 0 Å². The zero-order chi connectivity index (χ0) is 22.2. The third-order valence-corrected chi connectivity index (χ3v) is 6.77. The fourth-order valence-corrected chi connectivity index (χ4v) is 4.83. The topological polar surface area (TPSA) is 44.5 Å². The Morgan fingerprint density at radius 1 is 0.875 bits per heavy atom. The van der Waals surface area contributed by atoms with Gasteiger partial charge in [0.15, 0.2) is 0 Å². The van der Waals surface area contributed by atoms with Crippen molar-refractivity contribution in [2.24, 2.45) is 7.05 Å². The van der Waals surface area contributed by atoms with Crippen LogP contribution in [0.4, 0.5) is 5.69 Å². The number of aryl methyl sites for hydroxylation is 1. The second kappa shape index (κ2) is 8.58. The van der Waals surface area contributed by atoms with Crippen molar-refractivity contribution in [2.75, 3.05) is 38.1 Å². The first kappa shape index (κ1) is 21.0. The molecule has 1 aliphatic rings. The highest BCUT2D eigenvalue weighted by molar-refractivity contribution is 6.37. The van der Waals surface area contributed by atoms with E-state index in [4.69, 9.17) is 11.6 Å². The van der Waals surface area contributed by atoms with Gasteiger partial charge in [0.1, 0.15) is 5.65 Å². The highest BCUT2D eigenvalue weighted by Crippen LogP contribution is 2.42. The lowest BCUT2D eigenvalue weighted by Crippen LogP contribution is -2.44. The first-order valence-corrected chi connectivity index (χ1v) is 11.3. The molecular weight excluding hydrogens is 420 g/mol. The van der Waals surface area contributed by atoms with Gasteiger partial charge in [-0.3, -0.25) is 0 Å². The summed E-state index contributed by atoms with van der Waals surface area (Å²) in [6.45, 7) is 4.29. The van der Waals surface area contributed by atoms with E-state index in [1.54, 1.807) is 6.20 Å². The largest absolute Gasteiger partial charge is 0.392 e. The molecule has 0 spiro atoms. The standard InChI is InChI=1S/C26H27ClN4O/c1-29-13-15-31(16-14-29)21-9-7-20(8-10-21)25-23(19-5-3-18(17-32)4-6-19)24-22(27)11-12-28-26(24)30(25)2/h3-12,32H,13-17H2,1-2H3. The number of benzene rings is 2. The Balaban J connectivity index is 1.63. The summed E-state index contributed by atoms with van der Waals surface area (Å²) in [4.78, 5) is 9.44. The van der Waals surface area contributed by atoms with Gasteiger partial charge in [-0.25, -0.2) is 4.98 Å². The molecule has 0 unspecified atom stereocenters. The summed E-state index contributed by atoms with van der Waals surface area (Å²) < 4.78 is 2.13. The van der Waals surface area contributed by atoms with Crippen molar-refractivity contribution in [3.05, 3.63) is 71.4 Å². The number of anilines is 1. The Kier molecular flexibility index (Phi) is 5.64. The van der Waals surface area contributed by atoms with Gasteiger partial charge < -0.3 is 19.5 Å². The maximum absolute atomic E-state index is 9.46. The Morgan fingerprint density at radius 2 is 1.53 bits per heavy atom. The van der Waals surface area contributed by atoms with E-state index >= 15 is 0 Å². The maximum Gasteiger partial charge on any atom is 0.142 e. The molecule has 1 saturated heterocycles. The van der Waals surface area contributed by atoms with Crippen LogP contribution in [0.25, 0.3) is 33.4 Å². The number of aliphatic hydroxyl groups excluding tert-OH is 1. The number of aromatic nitrogens is 2. The molecule has 32 heavy (non-hydrogen) atoms. The lowest BCUT2D eigenvalue weighted by atomic mass is 9.97. The number of aliphatic hydroxyl groups is 1. The molecule has 164 valence electrons. The van der Waals surface area contributed by atoms with E-state index in [9.17, 15) is 5.11 Å². The van der Waals surface area contributed by atoms with Gasteiger partial charge in [0.25, 0.3) is 0 Å². The van der Waals surface area contributed by atoms with Crippen LogP contribution in [0.15, 0.2) is 60.8 Å². The fraction of sp³-hybridized carbons (Fsp3) is 0.269. The summed E-state index contributed by atoms with van der Waals surface area (Å²) in [5.74, 6) is 0. The summed E-state index contributed by atoms with van der Waals surface area (Å²) in [5, 5.41) is 11.1. The third kappa shape index (κ3) is 3.66. The van der Waals surface area contributed by atoms with Crippen molar-refractivity contribution in [3.8, 4) is 22.4 Å². The first-order chi connectivity index (χ1) is 15.6. The van der Waals surface area contributed by atoms with E-state index in [2.05, 4.69) is 50.7 Å². The third-order valence-electron chi connectivity index (χ3n) is 6.45. The number of pyridine rings is 1. The molecule has 0 radical (unpaired) electrons. The minimum absolute atomic E-state index is 0.0265. The number of piperazine rings is 1. The number of rotatable bonds is 4. The highest BCUT2D eigenvalue weighted by atomic mass is 35.5. The van der Waals surface area contributed by atoms with Crippen LogP contribution in [0.2, 0.25) is 5.02 Å². The molecule has 4 aromatic rings. The number of likely N-dealkylation sites (N-methyl/N-ethyl adjacent to an activating group) is 1. The van der Waals surface area contributed by atoms with Crippen LogP contribution in [0, 0.1) is 0 Å². The monoisotopic (exact) mass is 446 g/mol. The molecule has 5 rings (SSSR count). The van der Waals surface area contributed by atoms with Crippen LogP contribution >= 0.6 is 11.6 Å². The van der Waals surface area contributed by atoms with Crippen LogP contribution in [0.3, 0.4) is 0 Å². The Bertz CT molecular complexity index is 1240. The normalized spacial score (nSPS) is 14.9. The number of hydrogen-bond acceptors (Lipinski definition) is 4. The Hall–Kier alpha value is -2.86. The molecule has 5 nitrogen and oxygen atoms in total. The summed E-state index contributed by atoms with van der Waals surface area (Å²) in [7, 11) is 4.22. The van der Waals surface area contributed by atoms with E-state index in [0.717, 1.165) is 65.2 Å². The van der Waals surface area contributed by atoms with Gasteiger partial charge in [0, 0.05) is 56.1 Å². The van der Waals surface area contributed by atoms with Crippen molar-refractivity contribution < 1.29 is 5.11 Å². The quantitative estimate of drug-likeness (QED) is 0.489. The second-order valence-corrected chi connectivity index (χ2v) is 8.87. The molecule has 0 saturated carbocycles. The lowest BCUT2D eigenvalue weighted by molar-refractivity contribution is 0.282. The van der Waals surface area contributed by atoms with Crippen molar-refractivity contribution >= 4 is 28.3 Å². The zero-order valence-electron chi connectivity index (χ0n) is 18.4. The van der Waals surface area contributed by atoms with Crippen LogP contribution in [-0.4, -0.2) is 52.8 Å². The number of hydrogen-bond donors (Lipinski definition) is 1. The van der Waals surface area contributed by atoms with Crippen LogP contribution in [0.1, 0.15) is 5.56 Å². The molecular formula is C26H27ClN4O. The molecule has 0 amide bonds. The molecule has 3 heterocycles. The van der Waals surface area contributed by atoms with Crippen molar-refractivity contribution in [1.29, 1.82) is 0 Å². The zero-order valence-corrected chi connectivity index (χ0v) is 19.2. The van der Waals surface area contributed by atoms with E-state index in [0.29, 0.717) is 5.02 Å². The minimum atomic E-state index is 0.0265. The van der Waals surface area contributed by atoms with Crippen molar-refractivity contribution in [3.63, 3.8) is 0 Å². The Labute approximate surface area is 193 Å². The minimum Gasteiger partial charge on any atom is -0.392 e. The summed E-state index contributed by atoms with van der Waals surface area (Å²) in [5.41, 5.74) is 7.33. The molecule has 1 N–H and O–H groups in total. The Morgan fingerprint density at radius 3 is 2.19 bits per heavy atom. The van der Waals surface area contributed by atoms with Crippen LogP contribution in [-0.2, 0) is 13.7 Å². The van der Waals surface area contributed by atoms with Crippen molar-refractivity contribution in [1.82, 2.24) is 14.5 Å². The molecule has 6 heteroatoms. The van der Waals surface area contributed by atoms with Gasteiger partial charge in [-0.15, -0.1) is 0 Å². The van der Waals surface area contributed by atoms with E-state index in [-0.39, 0.29) is 6.61 Å². The second-order valence-electron chi connectivity index (χ2n) is 8.47. The number of halogens is 1. The van der Waals surface area contributed by atoms with Gasteiger partial charge in [0.2, 0.25) is 0 Å². The highest BCUT2D eigenvalue weighted by Gasteiger charge is 2.22. The first-order valence-electron chi connectivity index (χ1n) is 10.9. The predicted molar refractivity (Wildman–Crippen MR) is 132 cm³/mol. The molecule has 2 aromatic carbocycles. The van der Waals surface area contributed by atoms with Gasteiger partial charge >= 0.3 is 0 Å². The number of fused-ring (bicyclic) bond motifs is 1. The molecule has 0 bridgehead atoms. The molecule has 1 aliphatic heterocycles. The van der Waals surface area contributed by atoms with Gasteiger partial charge in [-0.2, -0.15) is 0 Å². The van der Waals surface area contributed by atoms with Gasteiger partial charge in [-0.1, -0.05) is 48.0 Å². The van der Waals surface area contributed by atoms with E-state index in [1.165, 1.54) is 5.69 Å². The van der Waals surface area contributed by atoms with E-state index in [1.807, 2.05) is 37.4 Å². The average molecular weight is 447 g/mol. The van der Waals surface area contributed by atoms with Gasteiger partial charge in [0.05, 0.1) is 17.3 Å². The number of nitrogens with zero attached hydrogens (tertiary/aromatic N) is 4. The molecule has 0 atom stereocenters.